The SMILES string of the molecule is CCC1(c2ccc(Cl)cc2)NC(=O)N(CC(=O)c2cc(C)n(CCc3cccs3)c2C)C1=O. The molecule has 1 aromatic carbocycles. The van der Waals surface area contributed by atoms with Crippen molar-refractivity contribution in [2.75, 3.05) is 6.54 Å². The molecule has 33 heavy (non-hydrogen) atoms. The summed E-state index contributed by atoms with van der Waals surface area (Å²) in [5.74, 6) is -0.672. The van der Waals surface area contributed by atoms with Crippen LogP contribution in [0.1, 0.15) is 45.5 Å². The van der Waals surface area contributed by atoms with Gasteiger partial charge in [-0.15, -0.1) is 11.3 Å². The van der Waals surface area contributed by atoms with E-state index in [0.717, 1.165) is 29.3 Å². The number of ketones is 1. The first-order valence-electron chi connectivity index (χ1n) is 10.9. The number of aromatic nitrogens is 1. The number of benzene rings is 1. The quantitative estimate of drug-likeness (QED) is 0.358. The van der Waals surface area contributed by atoms with E-state index in [1.165, 1.54) is 4.88 Å². The van der Waals surface area contributed by atoms with Gasteiger partial charge >= 0.3 is 6.03 Å². The minimum absolute atomic E-state index is 0.253. The summed E-state index contributed by atoms with van der Waals surface area (Å²) in [5, 5.41) is 5.41. The predicted molar refractivity (Wildman–Crippen MR) is 130 cm³/mol. The molecule has 1 unspecified atom stereocenters. The van der Waals surface area contributed by atoms with Crippen molar-refractivity contribution in [2.24, 2.45) is 0 Å². The first kappa shape index (κ1) is 23.3. The Morgan fingerprint density at radius 2 is 1.88 bits per heavy atom. The molecule has 1 N–H and O–H groups in total. The van der Waals surface area contributed by atoms with Crippen LogP contribution in [0.5, 0.6) is 0 Å². The highest BCUT2D eigenvalue weighted by Gasteiger charge is 2.51. The molecule has 3 aromatic rings. The average Bonchev–Trinajstić information content (AvgIpc) is 3.47. The van der Waals surface area contributed by atoms with Gasteiger partial charge in [-0.05, 0) is 61.9 Å². The fraction of sp³-hybridized carbons (Fsp3) is 0.320. The molecule has 6 nitrogen and oxygen atoms in total. The van der Waals surface area contributed by atoms with Crippen LogP contribution < -0.4 is 5.32 Å². The molecule has 1 aliphatic rings. The van der Waals surface area contributed by atoms with Crippen LogP contribution in [-0.4, -0.2) is 33.7 Å². The number of hydrogen-bond acceptors (Lipinski definition) is 4. The van der Waals surface area contributed by atoms with Gasteiger partial charge in [0.1, 0.15) is 5.54 Å². The average molecular weight is 484 g/mol. The highest BCUT2D eigenvalue weighted by atomic mass is 35.5. The predicted octanol–water partition coefficient (Wildman–Crippen LogP) is 5.10. The van der Waals surface area contributed by atoms with Gasteiger partial charge in [0.05, 0.1) is 6.54 Å². The molecule has 0 saturated carbocycles. The lowest BCUT2D eigenvalue weighted by Crippen LogP contribution is -2.43. The molecule has 3 amide bonds. The van der Waals surface area contributed by atoms with E-state index >= 15 is 0 Å². The van der Waals surface area contributed by atoms with E-state index in [1.54, 1.807) is 35.6 Å². The molecule has 172 valence electrons. The van der Waals surface area contributed by atoms with Crippen molar-refractivity contribution in [3.05, 3.63) is 80.3 Å². The molecule has 3 heterocycles. The lowest BCUT2D eigenvalue weighted by Gasteiger charge is -2.25. The van der Waals surface area contributed by atoms with Crippen LogP contribution in [0.4, 0.5) is 4.79 Å². The topological polar surface area (TPSA) is 71.4 Å². The van der Waals surface area contributed by atoms with Crippen molar-refractivity contribution in [3.63, 3.8) is 0 Å². The molecule has 0 bridgehead atoms. The number of imide groups is 1. The van der Waals surface area contributed by atoms with E-state index in [2.05, 4.69) is 21.3 Å². The zero-order valence-electron chi connectivity index (χ0n) is 18.9. The van der Waals surface area contributed by atoms with E-state index in [-0.39, 0.29) is 12.3 Å². The largest absolute Gasteiger partial charge is 0.348 e. The molecule has 0 spiro atoms. The van der Waals surface area contributed by atoms with Gasteiger partial charge in [-0.25, -0.2) is 4.79 Å². The molecule has 1 saturated heterocycles. The summed E-state index contributed by atoms with van der Waals surface area (Å²) in [6.45, 7) is 6.18. The van der Waals surface area contributed by atoms with E-state index in [4.69, 9.17) is 11.6 Å². The molecule has 1 fully saturated rings. The second-order valence-electron chi connectivity index (χ2n) is 8.28. The van der Waals surface area contributed by atoms with Crippen LogP contribution in [-0.2, 0) is 23.3 Å². The Bertz CT molecular complexity index is 1200. The van der Waals surface area contributed by atoms with Crippen molar-refractivity contribution >= 4 is 40.7 Å². The number of hydrogen-bond donors (Lipinski definition) is 1. The van der Waals surface area contributed by atoms with Crippen LogP contribution in [0.2, 0.25) is 5.02 Å². The Morgan fingerprint density at radius 3 is 2.52 bits per heavy atom. The Morgan fingerprint density at radius 1 is 1.15 bits per heavy atom. The summed E-state index contributed by atoms with van der Waals surface area (Å²) in [6.07, 6.45) is 1.25. The zero-order valence-corrected chi connectivity index (χ0v) is 20.4. The van der Waals surface area contributed by atoms with Crippen LogP contribution in [0.25, 0.3) is 0 Å². The number of amides is 3. The second-order valence-corrected chi connectivity index (χ2v) is 9.74. The number of carbonyl (C=O) groups excluding carboxylic acids is 3. The molecular weight excluding hydrogens is 458 g/mol. The summed E-state index contributed by atoms with van der Waals surface area (Å²) in [7, 11) is 0. The number of halogens is 1. The van der Waals surface area contributed by atoms with Gasteiger partial charge in [-0.1, -0.05) is 36.7 Å². The van der Waals surface area contributed by atoms with Gasteiger partial charge in [0.25, 0.3) is 5.91 Å². The molecule has 4 rings (SSSR count). The number of thiophene rings is 1. The lowest BCUT2D eigenvalue weighted by molar-refractivity contribution is -0.131. The summed E-state index contributed by atoms with van der Waals surface area (Å²) < 4.78 is 2.11. The third-order valence-electron chi connectivity index (χ3n) is 6.38. The van der Waals surface area contributed by atoms with Crippen LogP contribution >= 0.6 is 22.9 Å². The van der Waals surface area contributed by atoms with Crippen LogP contribution in [0.3, 0.4) is 0 Å². The minimum Gasteiger partial charge on any atom is -0.348 e. The summed E-state index contributed by atoms with van der Waals surface area (Å²) >= 11 is 7.70. The van der Waals surface area contributed by atoms with Crippen LogP contribution in [0, 0.1) is 13.8 Å². The first-order chi connectivity index (χ1) is 15.8. The summed E-state index contributed by atoms with van der Waals surface area (Å²) in [6, 6.07) is 12.3. The maximum atomic E-state index is 13.4. The van der Waals surface area contributed by atoms with E-state index < -0.39 is 17.5 Å². The normalized spacial score (nSPS) is 18.1. The van der Waals surface area contributed by atoms with E-state index in [9.17, 15) is 14.4 Å². The third kappa shape index (κ3) is 4.23. The van der Waals surface area contributed by atoms with Crippen molar-refractivity contribution < 1.29 is 14.4 Å². The summed E-state index contributed by atoms with van der Waals surface area (Å²) in [4.78, 5) is 41.6. The maximum Gasteiger partial charge on any atom is 0.325 e. The molecule has 2 aromatic heterocycles. The number of urea groups is 1. The standard InChI is InChI=1S/C25H26ClN3O3S/c1-4-25(18-7-9-19(26)10-8-18)23(31)29(24(32)27-25)15-22(30)21-14-16(2)28(17(21)3)12-11-20-6-5-13-33-20/h5-10,13-14H,4,11-12,15H2,1-3H3,(H,27,32). The first-order valence-corrected chi connectivity index (χ1v) is 12.1. The monoisotopic (exact) mass is 483 g/mol. The van der Waals surface area contributed by atoms with Gasteiger partial charge < -0.3 is 9.88 Å². The number of carbonyl (C=O) groups is 3. The molecule has 1 atom stereocenters. The van der Waals surface area contributed by atoms with E-state index in [0.29, 0.717) is 22.6 Å². The zero-order chi connectivity index (χ0) is 23.8. The van der Waals surface area contributed by atoms with Gasteiger partial charge in [0.2, 0.25) is 0 Å². The fourth-order valence-electron chi connectivity index (χ4n) is 4.48. The second kappa shape index (κ2) is 9.15. The van der Waals surface area contributed by atoms with Crippen molar-refractivity contribution in [3.8, 4) is 0 Å². The maximum absolute atomic E-state index is 13.4. The molecule has 0 radical (unpaired) electrons. The van der Waals surface area contributed by atoms with E-state index in [1.807, 2.05) is 32.9 Å². The number of Topliss-reactive ketones (excluding diaryl/α,β-unsaturated/α-hetero) is 1. The number of aryl methyl sites for hydroxylation is 2. The molecule has 8 heteroatoms. The molecule has 1 aliphatic heterocycles. The third-order valence-corrected chi connectivity index (χ3v) is 7.57. The number of nitrogens with zero attached hydrogens (tertiary/aromatic N) is 2. The Kier molecular flexibility index (Phi) is 6.45. The number of nitrogens with one attached hydrogen (secondary N) is 1. The van der Waals surface area contributed by atoms with Crippen molar-refractivity contribution in [2.45, 2.75) is 45.7 Å². The lowest BCUT2D eigenvalue weighted by atomic mass is 9.87. The highest BCUT2D eigenvalue weighted by molar-refractivity contribution is 7.09. The molecule has 0 aliphatic carbocycles. The summed E-state index contributed by atoms with van der Waals surface area (Å²) in [5.41, 5.74) is 1.82. The smallest absolute Gasteiger partial charge is 0.325 e. The number of rotatable bonds is 8. The van der Waals surface area contributed by atoms with Crippen LogP contribution in [0.15, 0.2) is 47.8 Å². The van der Waals surface area contributed by atoms with Gasteiger partial charge in [-0.3, -0.25) is 14.5 Å². The Labute approximate surface area is 202 Å². The minimum atomic E-state index is -1.19. The Balaban J connectivity index is 1.53. The van der Waals surface area contributed by atoms with Crippen molar-refractivity contribution in [1.29, 1.82) is 0 Å². The highest BCUT2D eigenvalue weighted by Crippen LogP contribution is 2.33. The van der Waals surface area contributed by atoms with Gasteiger partial charge in [0, 0.05) is 33.4 Å². The fourth-order valence-corrected chi connectivity index (χ4v) is 5.30. The van der Waals surface area contributed by atoms with Crippen molar-refractivity contribution in [1.82, 2.24) is 14.8 Å². The Hall–Kier alpha value is -2.90. The molecular formula is C25H26ClN3O3S. The van der Waals surface area contributed by atoms with Gasteiger partial charge in [0.15, 0.2) is 5.78 Å². The van der Waals surface area contributed by atoms with Gasteiger partial charge in [-0.2, -0.15) is 0 Å².